The Bertz CT molecular complexity index is 1100. The summed E-state index contributed by atoms with van der Waals surface area (Å²) in [4.78, 5) is 0. The lowest BCUT2D eigenvalue weighted by molar-refractivity contribution is 0.341. The lowest BCUT2D eigenvalue weighted by atomic mass is 10.0. The van der Waals surface area contributed by atoms with E-state index in [1.54, 1.807) is 0 Å². The Labute approximate surface area is 287 Å². The smallest absolute Gasteiger partial charge is 0.0614 e. The van der Waals surface area contributed by atoms with Crippen LogP contribution in [0.5, 0.6) is 0 Å². The number of aliphatic hydroxyl groups excluding tert-OH is 1. The first-order valence-corrected chi connectivity index (χ1v) is 18.4. The number of allylic oxidation sites excluding steroid dienone is 17. The topological polar surface area (TPSA) is 20.2 Å². The van der Waals surface area contributed by atoms with Crippen molar-refractivity contribution in [1.29, 1.82) is 0 Å². The van der Waals surface area contributed by atoms with Gasteiger partial charge in [-0.15, -0.1) is 0 Å². The molecule has 0 amide bonds. The molecule has 0 atom stereocenters. The van der Waals surface area contributed by atoms with Crippen molar-refractivity contribution < 1.29 is 5.11 Å². The molecule has 260 valence electrons. The summed E-state index contributed by atoms with van der Waals surface area (Å²) in [6.07, 6.45) is 39.7. The monoisotopic (exact) mass is 631 g/mol. The van der Waals surface area contributed by atoms with E-state index in [0.717, 1.165) is 57.8 Å². The molecule has 1 nitrogen and oxygen atoms in total. The number of hydrogen-bond acceptors (Lipinski definition) is 1. The first kappa shape index (κ1) is 43.6. The average Bonchev–Trinajstić information content (AvgIpc) is 2.97. The van der Waals surface area contributed by atoms with Gasteiger partial charge >= 0.3 is 0 Å². The molecule has 0 heterocycles. The summed E-state index contributed by atoms with van der Waals surface area (Å²) >= 11 is 0. The Morgan fingerprint density at radius 1 is 0.283 bits per heavy atom. The highest BCUT2D eigenvalue weighted by molar-refractivity contribution is 5.10. The van der Waals surface area contributed by atoms with Gasteiger partial charge in [-0.3, -0.25) is 0 Å². The molecule has 0 aromatic carbocycles. The molecule has 1 heteroatoms. The number of hydrogen-bond donors (Lipinski definition) is 1. The van der Waals surface area contributed by atoms with Crippen LogP contribution in [-0.4, -0.2) is 11.7 Å². The minimum Gasteiger partial charge on any atom is -0.392 e. The van der Waals surface area contributed by atoms with Crippen molar-refractivity contribution in [3.05, 3.63) is 105 Å². The molecule has 0 bridgehead atoms. The predicted octanol–water partition coefficient (Wildman–Crippen LogP) is 14.8. The van der Waals surface area contributed by atoms with E-state index in [9.17, 15) is 0 Å². The molecule has 0 saturated carbocycles. The number of rotatable bonds is 25. The second kappa shape index (κ2) is 28.8. The molecule has 0 aliphatic heterocycles. The molecule has 0 aromatic heterocycles. The second-order valence-electron chi connectivity index (χ2n) is 14.2. The van der Waals surface area contributed by atoms with Crippen molar-refractivity contribution in [2.45, 2.75) is 172 Å². The fourth-order valence-electron chi connectivity index (χ4n) is 5.38. The highest BCUT2D eigenvalue weighted by atomic mass is 16.2. The van der Waals surface area contributed by atoms with Gasteiger partial charge in [0.1, 0.15) is 0 Å². The van der Waals surface area contributed by atoms with E-state index < -0.39 is 0 Å². The van der Waals surface area contributed by atoms with Crippen LogP contribution in [0.25, 0.3) is 0 Å². The van der Waals surface area contributed by atoms with Crippen molar-refractivity contribution >= 4 is 0 Å². The molecule has 0 spiro atoms. The van der Waals surface area contributed by atoms with Crippen LogP contribution in [-0.2, 0) is 0 Å². The normalized spacial score (nSPS) is 14.8. The largest absolute Gasteiger partial charge is 0.392 e. The van der Waals surface area contributed by atoms with Crippen molar-refractivity contribution in [3.63, 3.8) is 0 Å². The molecule has 0 rings (SSSR count). The van der Waals surface area contributed by atoms with E-state index in [2.05, 4.69) is 118 Å². The molecule has 0 unspecified atom stereocenters. The maximum Gasteiger partial charge on any atom is 0.0614 e. The van der Waals surface area contributed by atoms with Gasteiger partial charge in [-0.2, -0.15) is 0 Å². The quantitative estimate of drug-likeness (QED) is 0.0995. The fourth-order valence-corrected chi connectivity index (χ4v) is 5.38. The van der Waals surface area contributed by atoms with Crippen LogP contribution in [0.15, 0.2) is 105 Å². The minimum absolute atomic E-state index is 0.150. The van der Waals surface area contributed by atoms with E-state index in [1.165, 1.54) is 95.1 Å². The highest BCUT2D eigenvalue weighted by Crippen LogP contribution is 2.17. The summed E-state index contributed by atoms with van der Waals surface area (Å²) in [6, 6.07) is 0. The zero-order chi connectivity index (χ0) is 34.6. The molecule has 0 aliphatic rings. The van der Waals surface area contributed by atoms with Gasteiger partial charge < -0.3 is 5.11 Å². The lowest BCUT2D eigenvalue weighted by Crippen LogP contribution is -1.84. The maximum absolute atomic E-state index is 8.96. The summed E-state index contributed by atoms with van der Waals surface area (Å²) in [6.45, 7) is 22.6. The van der Waals surface area contributed by atoms with Crippen LogP contribution in [0.2, 0.25) is 0 Å². The van der Waals surface area contributed by atoms with Crippen LogP contribution < -0.4 is 0 Å². The van der Waals surface area contributed by atoms with Gasteiger partial charge in [0.15, 0.2) is 0 Å². The number of aliphatic hydroxyl groups is 1. The first-order chi connectivity index (χ1) is 21.9. The highest BCUT2D eigenvalue weighted by Gasteiger charge is 1.97. The molecule has 0 radical (unpaired) electrons. The average molecular weight is 631 g/mol. The summed E-state index contributed by atoms with van der Waals surface area (Å²) in [5.41, 5.74) is 13.3. The first-order valence-electron chi connectivity index (χ1n) is 18.4. The van der Waals surface area contributed by atoms with E-state index in [0.29, 0.717) is 0 Å². The van der Waals surface area contributed by atoms with Crippen molar-refractivity contribution in [2.75, 3.05) is 6.61 Å². The molecule has 46 heavy (non-hydrogen) atoms. The zero-order valence-corrected chi connectivity index (χ0v) is 32.2. The fraction of sp³-hybridized carbons (Fsp3) is 0.600. The van der Waals surface area contributed by atoms with E-state index in [4.69, 9.17) is 5.11 Å². The SMILES string of the molecule is CC(C)=CCC/C(C)=C/CC/C(C)=C/CC/C(C)=C/CCC(C)=CCC/C(C)=C/CC/C(C)=C/CC/C(C)=C/CC/C(C)=C/CO. The molecule has 1 N–H and O–H groups in total. The third-order valence-corrected chi connectivity index (χ3v) is 8.75. The Hall–Kier alpha value is -2.38. The lowest BCUT2D eigenvalue weighted by Gasteiger charge is -2.04. The van der Waals surface area contributed by atoms with Gasteiger partial charge in [0.2, 0.25) is 0 Å². The van der Waals surface area contributed by atoms with E-state index in [1.807, 2.05) is 6.08 Å². The summed E-state index contributed by atoms with van der Waals surface area (Å²) in [5.74, 6) is 0. The predicted molar refractivity (Wildman–Crippen MR) is 210 cm³/mol. The van der Waals surface area contributed by atoms with Gasteiger partial charge in [0.25, 0.3) is 0 Å². The van der Waals surface area contributed by atoms with Crippen molar-refractivity contribution in [1.82, 2.24) is 0 Å². The van der Waals surface area contributed by atoms with Crippen LogP contribution in [0.1, 0.15) is 172 Å². The molecular formula is C45H74O. The third kappa shape index (κ3) is 29.1. The maximum atomic E-state index is 8.96. The van der Waals surface area contributed by atoms with E-state index in [-0.39, 0.29) is 6.61 Å². The van der Waals surface area contributed by atoms with Gasteiger partial charge in [-0.25, -0.2) is 0 Å². The van der Waals surface area contributed by atoms with Gasteiger partial charge in [0, 0.05) is 0 Å². The summed E-state index contributed by atoms with van der Waals surface area (Å²) in [5, 5.41) is 8.96. The van der Waals surface area contributed by atoms with Gasteiger partial charge in [-0.05, 0) is 172 Å². The Morgan fingerprint density at radius 2 is 0.457 bits per heavy atom. The zero-order valence-electron chi connectivity index (χ0n) is 32.2. The molecule has 0 aliphatic carbocycles. The van der Waals surface area contributed by atoms with Crippen LogP contribution >= 0.6 is 0 Å². The van der Waals surface area contributed by atoms with Crippen LogP contribution in [0, 0.1) is 0 Å². The minimum atomic E-state index is 0.150. The third-order valence-electron chi connectivity index (χ3n) is 8.75. The van der Waals surface area contributed by atoms with E-state index >= 15 is 0 Å². The Balaban J connectivity index is 4.21. The molecule has 0 fully saturated rings. The standard InChI is InChI=1S/C45H74O/c1-37(2)19-11-20-38(3)21-12-22-39(4)23-13-24-40(5)25-14-26-41(6)27-15-28-42(7)29-16-30-43(8)31-17-32-44(9)33-18-34-45(10)35-36-46/h19,21,23,25,27,29,31,33,35,46H,11-18,20,22,24,26,28,30,32,34,36H2,1-10H3/b38-21+,39-23+,40-25+,41-27?,42-29+,43-31+,44-33+,45-35+. The summed E-state index contributed by atoms with van der Waals surface area (Å²) < 4.78 is 0. The van der Waals surface area contributed by atoms with Gasteiger partial charge in [0.05, 0.1) is 6.61 Å². The Kier molecular flexibility index (Phi) is 27.3. The molecular weight excluding hydrogens is 556 g/mol. The van der Waals surface area contributed by atoms with Crippen molar-refractivity contribution in [2.24, 2.45) is 0 Å². The van der Waals surface area contributed by atoms with Crippen molar-refractivity contribution in [3.8, 4) is 0 Å². The molecule has 0 aromatic rings. The molecule has 0 saturated heterocycles. The van der Waals surface area contributed by atoms with Gasteiger partial charge in [-0.1, -0.05) is 105 Å². The summed E-state index contributed by atoms with van der Waals surface area (Å²) in [7, 11) is 0. The van der Waals surface area contributed by atoms with Crippen LogP contribution in [0.3, 0.4) is 0 Å². The van der Waals surface area contributed by atoms with Crippen LogP contribution in [0.4, 0.5) is 0 Å². The Morgan fingerprint density at radius 3 is 0.630 bits per heavy atom. The second-order valence-corrected chi connectivity index (χ2v) is 14.2.